The van der Waals surface area contributed by atoms with Gasteiger partial charge in [0, 0.05) is 11.8 Å². The summed E-state index contributed by atoms with van der Waals surface area (Å²) in [5, 5.41) is 10.5. The second-order valence-electron chi connectivity index (χ2n) is 4.34. The molecule has 3 aromatic rings. The summed E-state index contributed by atoms with van der Waals surface area (Å²) in [6.45, 7) is 0. The zero-order valence-electron chi connectivity index (χ0n) is 11.3. The maximum absolute atomic E-state index is 9.93. The molecule has 0 aliphatic carbocycles. The molecule has 3 rings (SSSR count). The minimum Gasteiger partial charge on any atom is -0.502 e. The fraction of sp³-hybridized carbons (Fsp3) is 0.143. The normalized spacial score (nSPS) is 10.8. The number of phenols is 1. The number of imidazole rings is 1. The molecule has 0 atom stereocenters. The van der Waals surface area contributed by atoms with Gasteiger partial charge in [-0.3, -0.25) is 0 Å². The number of pyridine rings is 1. The second kappa shape index (κ2) is 5.14. The highest BCUT2D eigenvalue weighted by Crippen LogP contribution is 2.39. The van der Waals surface area contributed by atoms with Crippen LogP contribution in [0.15, 0.2) is 24.4 Å². The van der Waals surface area contributed by atoms with E-state index in [0.29, 0.717) is 33.6 Å². The van der Waals surface area contributed by atoms with Crippen molar-refractivity contribution in [2.75, 3.05) is 14.2 Å². The smallest absolute Gasteiger partial charge is 0.200 e. The molecule has 108 valence electrons. The van der Waals surface area contributed by atoms with Gasteiger partial charge in [-0.05, 0) is 18.2 Å². The van der Waals surface area contributed by atoms with E-state index in [1.54, 1.807) is 18.2 Å². The Morgan fingerprint density at radius 3 is 2.43 bits per heavy atom. The Hall–Kier alpha value is -2.47. The number of nitrogens with zero attached hydrogens (tertiary/aromatic N) is 2. The molecule has 2 aromatic heterocycles. The largest absolute Gasteiger partial charge is 0.502 e. The predicted octanol–water partition coefficient (Wildman–Crippen LogP) is 3.00. The Balaban J connectivity index is 2.17. The van der Waals surface area contributed by atoms with E-state index in [9.17, 15) is 5.11 Å². The quantitative estimate of drug-likeness (QED) is 0.777. The van der Waals surface area contributed by atoms with Gasteiger partial charge in [0.25, 0.3) is 0 Å². The molecule has 21 heavy (non-hydrogen) atoms. The molecule has 0 aliphatic heterocycles. The van der Waals surface area contributed by atoms with Gasteiger partial charge in [-0.1, -0.05) is 11.6 Å². The van der Waals surface area contributed by atoms with Crippen LogP contribution in [0.5, 0.6) is 17.2 Å². The minimum absolute atomic E-state index is 0.0546. The number of ether oxygens (including phenoxy) is 2. The lowest BCUT2D eigenvalue weighted by atomic mass is 10.1. The molecular formula is C14H12ClN3O3. The molecule has 2 heterocycles. The van der Waals surface area contributed by atoms with E-state index in [1.165, 1.54) is 20.4 Å². The number of H-pyrrole nitrogens is 1. The molecule has 0 aliphatic rings. The van der Waals surface area contributed by atoms with Crippen molar-refractivity contribution in [2.24, 2.45) is 0 Å². The molecule has 0 saturated carbocycles. The minimum atomic E-state index is -0.0546. The van der Waals surface area contributed by atoms with Crippen molar-refractivity contribution in [1.82, 2.24) is 15.0 Å². The van der Waals surface area contributed by atoms with E-state index in [4.69, 9.17) is 21.1 Å². The standard InChI is InChI=1S/C14H12ClN3O3/c1-20-10-3-7(4-11(21-2)12(10)19)13-17-9-5-8(15)6-16-14(9)18-13/h3-6,19H,1-2H3,(H,16,17,18). The van der Waals surface area contributed by atoms with Crippen LogP contribution in [0, 0.1) is 0 Å². The summed E-state index contributed by atoms with van der Waals surface area (Å²) in [7, 11) is 2.94. The fourth-order valence-electron chi connectivity index (χ4n) is 2.04. The van der Waals surface area contributed by atoms with Crippen molar-refractivity contribution in [3.05, 3.63) is 29.4 Å². The molecule has 0 unspecified atom stereocenters. The number of benzene rings is 1. The number of aromatic nitrogens is 3. The predicted molar refractivity (Wildman–Crippen MR) is 79.1 cm³/mol. The Labute approximate surface area is 125 Å². The number of hydrogen-bond donors (Lipinski definition) is 2. The van der Waals surface area contributed by atoms with Crippen molar-refractivity contribution in [3.63, 3.8) is 0 Å². The van der Waals surface area contributed by atoms with Crippen molar-refractivity contribution in [3.8, 4) is 28.6 Å². The number of aromatic amines is 1. The van der Waals surface area contributed by atoms with Crippen molar-refractivity contribution in [2.45, 2.75) is 0 Å². The van der Waals surface area contributed by atoms with Gasteiger partial charge in [-0.2, -0.15) is 0 Å². The van der Waals surface area contributed by atoms with E-state index in [1.807, 2.05) is 0 Å². The van der Waals surface area contributed by atoms with Crippen molar-refractivity contribution in [1.29, 1.82) is 0 Å². The lowest BCUT2D eigenvalue weighted by Gasteiger charge is -2.09. The zero-order valence-corrected chi connectivity index (χ0v) is 12.1. The first-order valence-electron chi connectivity index (χ1n) is 6.09. The SMILES string of the molecule is COc1cc(-c2nc3ncc(Cl)cc3[nH]2)cc(OC)c1O. The number of phenolic OH excluding ortho intramolecular Hbond substituents is 1. The molecular weight excluding hydrogens is 294 g/mol. The molecule has 0 bridgehead atoms. The van der Waals surface area contributed by atoms with Gasteiger partial charge >= 0.3 is 0 Å². The number of nitrogens with one attached hydrogen (secondary N) is 1. The first-order chi connectivity index (χ1) is 10.1. The number of fused-ring (bicyclic) bond motifs is 1. The molecule has 1 aromatic carbocycles. The monoisotopic (exact) mass is 305 g/mol. The summed E-state index contributed by atoms with van der Waals surface area (Å²) in [6.07, 6.45) is 1.53. The Bertz CT molecular complexity index is 791. The number of hydrogen-bond acceptors (Lipinski definition) is 5. The molecule has 0 spiro atoms. The zero-order chi connectivity index (χ0) is 15.0. The van der Waals surface area contributed by atoms with Crippen LogP contribution in [0.25, 0.3) is 22.6 Å². The molecule has 0 amide bonds. The first kappa shape index (κ1) is 13.5. The van der Waals surface area contributed by atoms with E-state index in [0.717, 1.165) is 5.52 Å². The van der Waals surface area contributed by atoms with Gasteiger partial charge < -0.3 is 19.6 Å². The summed E-state index contributed by atoms with van der Waals surface area (Å²) >= 11 is 5.91. The lowest BCUT2D eigenvalue weighted by Crippen LogP contribution is -1.91. The van der Waals surface area contributed by atoms with Crippen LogP contribution in [0.2, 0.25) is 5.02 Å². The maximum Gasteiger partial charge on any atom is 0.200 e. The highest BCUT2D eigenvalue weighted by molar-refractivity contribution is 6.31. The second-order valence-corrected chi connectivity index (χ2v) is 4.78. The third-order valence-electron chi connectivity index (χ3n) is 3.06. The maximum atomic E-state index is 9.93. The van der Waals surface area contributed by atoms with Gasteiger partial charge in [-0.25, -0.2) is 9.97 Å². The molecule has 0 fully saturated rings. The number of aromatic hydroxyl groups is 1. The van der Waals surface area contributed by atoms with Crippen LogP contribution in [0.4, 0.5) is 0 Å². The Kier molecular flexibility index (Phi) is 3.31. The van der Waals surface area contributed by atoms with Crippen LogP contribution in [-0.4, -0.2) is 34.3 Å². The molecule has 0 saturated heterocycles. The van der Waals surface area contributed by atoms with Crippen molar-refractivity contribution < 1.29 is 14.6 Å². The van der Waals surface area contributed by atoms with Gasteiger partial charge in [-0.15, -0.1) is 0 Å². The number of methoxy groups -OCH3 is 2. The summed E-state index contributed by atoms with van der Waals surface area (Å²) in [5.74, 6) is 1.13. The van der Waals surface area contributed by atoms with Gasteiger partial charge in [0.15, 0.2) is 17.1 Å². The molecule has 6 nitrogen and oxygen atoms in total. The van der Waals surface area contributed by atoms with Gasteiger partial charge in [0.1, 0.15) is 5.82 Å². The Morgan fingerprint density at radius 2 is 1.81 bits per heavy atom. The summed E-state index contributed by atoms with van der Waals surface area (Å²) in [4.78, 5) is 11.7. The van der Waals surface area contributed by atoms with Crippen LogP contribution < -0.4 is 9.47 Å². The topological polar surface area (TPSA) is 80.3 Å². The molecule has 0 radical (unpaired) electrons. The van der Waals surface area contributed by atoms with Crippen LogP contribution in [-0.2, 0) is 0 Å². The van der Waals surface area contributed by atoms with E-state index in [2.05, 4.69) is 15.0 Å². The van der Waals surface area contributed by atoms with Crippen LogP contribution in [0.1, 0.15) is 0 Å². The molecule has 2 N–H and O–H groups in total. The molecule has 7 heteroatoms. The highest BCUT2D eigenvalue weighted by Gasteiger charge is 2.15. The van der Waals surface area contributed by atoms with Gasteiger partial charge in [0.2, 0.25) is 5.75 Å². The summed E-state index contributed by atoms with van der Waals surface area (Å²) < 4.78 is 10.3. The van der Waals surface area contributed by atoms with Crippen LogP contribution >= 0.6 is 11.6 Å². The lowest BCUT2D eigenvalue weighted by molar-refractivity contribution is 0.340. The van der Waals surface area contributed by atoms with Crippen molar-refractivity contribution >= 4 is 22.8 Å². The van der Waals surface area contributed by atoms with Gasteiger partial charge in [0.05, 0.1) is 24.8 Å². The average molecular weight is 306 g/mol. The summed E-state index contributed by atoms with van der Waals surface area (Å²) in [5.41, 5.74) is 1.99. The van der Waals surface area contributed by atoms with E-state index in [-0.39, 0.29) is 5.75 Å². The highest BCUT2D eigenvalue weighted by atomic mass is 35.5. The van der Waals surface area contributed by atoms with E-state index >= 15 is 0 Å². The number of rotatable bonds is 3. The fourth-order valence-corrected chi connectivity index (χ4v) is 2.20. The first-order valence-corrected chi connectivity index (χ1v) is 6.47. The van der Waals surface area contributed by atoms with E-state index < -0.39 is 0 Å². The average Bonchev–Trinajstić information content (AvgIpc) is 2.90. The third kappa shape index (κ3) is 2.34. The third-order valence-corrected chi connectivity index (χ3v) is 3.26. The van der Waals surface area contributed by atoms with Crippen LogP contribution in [0.3, 0.4) is 0 Å². The Morgan fingerprint density at radius 1 is 1.14 bits per heavy atom. The number of halogens is 1. The summed E-state index contributed by atoms with van der Waals surface area (Å²) in [6, 6.07) is 5.07.